The molecule has 7 nitrogen and oxygen atoms in total. The van der Waals surface area contributed by atoms with Gasteiger partial charge in [0.15, 0.2) is 0 Å². The number of hydrogen-bond donors (Lipinski definition) is 2. The zero-order chi connectivity index (χ0) is 22.1. The Labute approximate surface area is 180 Å². The number of aromatic amines is 2. The number of aromatic nitrogens is 3. The lowest BCUT2D eigenvalue weighted by Gasteiger charge is -2.35. The largest absolute Gasteiger partial charge is 0.340 e. The van der Waals surface area contributed by atoms with Crippen molar-refractivity contribution in [3.05, 3.63) is 87.1 Å². The normalized spacial score (nSPS) is 19.7. The summed E-state index contributed by atoms with van der Waals surface area (Å²) in [5.74, 6) is -2.19. The standard InChI is InChI=1S/C21H18F2N4O3S/c1-11-18(28)19(29)20(12-5-3-2-4-6-12)31-27(11)10-14-8-15(22)13(7-16(14)23)9-17-24-21(30)26-25-17/h2-8,11,20H,9-10H2,1H3,(H2,24,25,26,30)/t11-,20-/m0/s1. The first-order valence-electron chi connectivity index (χ1n) is 9.50. The molecule has 10 heteroatoms. The van der Waals surface area contributed by atoms with E-state index in [0.717, 1.165) is 24.1 Å². The van der Waals surface area contributed by atoms with Crippen molar-refractivity contribution in [1.29, 1.82) is 0 Å². The van der Waals surface area contributed by atoms with Crippen LogP contribution in [0.3, 0.4) is 0 Å². The number of nitrogens with zero attached hydrogens (tertiary/aromatic N) is 2. The van der Waals surface area contributed by atoms with E-state index in [1.54, 1.807) is 35.5 Å². The molecule has 0 saturated carbocycles. The summed E-state index contributed by atoms with van der Waals surface area (Å²) in [6.07, 6.45) is -0.0836. The first-order valence-corrected chi connectivity index (χ1v) is 10.3. The van der Waals surface area contributed by atoms with E-state index in [4.69, 9.17) is 0 Å². The topological polar surface area (TPSA) is 98.9 Å². The smallest absolute Gasteiger partial charge is 0.293 e. The van der Waals surface area contributed by atoms with Crippen LogP contribution in [0.1, 0.15) is 34.7 Å². The third-order valence-electron chi connectivity index (χ3n) is 5.09. The number of ketones is 2. The molecule has 0 bridgehead atoms. The zero-order valence-electron chi connectivity index (χ0n) is 16.4. The van der Waals surface area contributed by atoms with Crippen LogP contribution < -0.4 is 5.69 Å². The maximum absolute atomic E-state index is 14.8. The lowest BCUT2D eigenvalue weighted by atomic mass is 10.0. The predicted octanol–water partition coefficient (Wildman–Crippen LogP) is 2.70. The number of halogens is 2. The van der Waals surface area contributed by atoms with E-state index >= 15 is 0 Å². The Balaban J connectivity index is 1.57. The van der Waals surface area contributed by atoms with Gasteiger partial charge >= 0.3 is 5.69 Å². The minimum absolute atomic E-state index is 0.0387. The summed E-state index contributed by atoms with van der Waals surface area (Å²) in [5, 5.41) is 5.14. The number of hydrogen-bond acceptors (Lipinski definition) is 6. The van der Waals surface area contributed by atoms with Crippen molar-refractivity contribution in [2.75, 3.05) is 0 Å². The Bertz CT molecular complexity index is 1190. The summed E-state index contributed by atoms with van der Waals surface area (Å²) in [6.45, 7) is 1.52. The summed E-state index contributed by atoms with van der Waals surface area (Å²) in [4.78, 5) is 38.5. The molecule has 3 aromatic rings. The quantitative estimate of drug-likeness (QED) is 0.464. The molecule has 0 amide bonds. The van der Waals surface area contributed by atoms with Crippen molar-refractivity contribution in [3.8, 4) is 0 Å². The first kappa shape index (κ1) is 21.1. The Morgan fingerprint density at radius 2 is 1.71 bits per heavy atom. The fraction of sp³-hybridized carbons (Fsp3) is 0.238. The molecule has 0 unspecified atom stereocenters. The van der Waals surface area contributed by atoms with Crippen LogP contribution in [0.4, 0.5) is 8.78 Å². The summed E-state index contributed by atoms with van der Waals surface area (Å²) in [5.41, 5.74) is 0.246. The van der Waals surface area contributed by atoms with E-state index in [9.17, 15) is 23.2 Å². The molecule has 0 aliphatic carbocycles. The van der Waals surface area contributed by atoms with Crippen molar-refractivity contribution < 1.29 is 18.4 Å². The fourth-order valence-corrected chi connectivity index (χ4v) is 4.63. The molecular formula is C21H18F2N4O3S. The summed E-state index contributed by atoms with van der Waals surface area (Å²) >= 11 is 1.14. The fourth-order valence-electron chi connectivity index (χ4n) is 3.38. The van der Waals surface area contributed by atoms with E-state index in [-0.39, 0.29) is 29.9 Å². The number of H-pyrrole nitrogens is 2. The van der Waals surface area contributed by atoms with Crippen molar-refractivity contribution in [2.24, 2.45) is 0 Å². The summed E-state index contributed by atoms with van der Waals surface area (Å²) in [6, 6.07) is 10.2. The molecule has 2 N–H and O–H groups in total. The van der Waals surface area contributed by atoms with Crippen molar-refractivity contribution >= 4 is 23.5 Å². The zero-order valence-corrected chi connectivity index (χ0v) is 17.2. The number of benzene rings is 2. The third-order valence-corrected chi connectivity index (χ3v) is 6.50. The molecular weight excluding hydrogens is 426 g/mol. The van der Waals surface area contributed by atoms with E-state index in [0.29, 0.717) is 5.56 Å². The van der Waals surface area contributed by atoms with Crippen LogP contribution in [0.15, 0.2) is 47.3 Å². The highest BCUT2D eigenvalue weighted by Gasteiger charge is 2.41. The average molecular weight is 444 g/mol. The van der Waals surface area contributed by atoms with Crippen LogP contribution in [-0.4, -0.2) is 37.1 Å². The van der Waals surface area contributed by atoms with Crippen LogP contribution in [0.2, 0.25) is 0 Å². The van der Waals surface area contributed by atoms with Gasteiger partial charge in [0.25, 0.3) is 0 Å². The molecule has 2 heterocycles. The van der Waals surface area contributed by atoms with Gasteiger partial charge in [-0.3, -0.25) is 14.6 Å². The minimum atomic E-state index is -0.770. The maximum Gasteiger partial charge on any atom is 0.340 e. The third kappa shape index (κ3) is 4.35. The Morgan fingerprint density at radius 3 is 2.39 bits per heavy atom. The number of carbonyl (C=O) groups is 2. The van der Waals surface area contributed by atoms with Gasteiger partial charge < -0.3 is 0 Å². The van der Waals surface area contributed by atoms with Crippen LogP contribution in [0, 0.1) is 11.6 Å². The molecule has 2 atom stereocenters. The van der Waals surface area contributed by atoms with E-state index in [1.807, 2.05) is 6.07 Å². The van der Waals surface area contributed by atoms with Gasteiger partial charge in [0.05, 0.1) is 6.04 Å². The molecule has 1 saturated heterocycles. The molecule has 31 heavy (non-hydrogen) atoms. The van der Waals surface area contributed by atoms with Gasteiger partial charge in [-0.15, -0.1) is 0 Å². The van der Waals surface area contributed by atoms with Crippen molar-refractivity contribution in [1.82, 2.24) is 19.5 Å². The number of rotatable bonds is 5. The average Bonchev–Trinajstić information content (AvgIpc) is 3.17. The summed E-state index contributed by atoms with van der Waals surface area (Å²) < 4.78 is 31.0. The summed E-state index contributed by atoms with van der Waals surface area (Å²) in [7, 11) is 0. The van der Waals surface area contributed by atoms with Crippen LogP contribution in [0.25, 0.3) is 0 Å². The van der Waals surface area contributed by atoms with Gasteiger partial charge in [-0.2, -0.15) is 5.10 Å². The monoisotopic (exact) mass is 444 g/mol. The molecule has 1 aliphatic rings. The molecule has 1 aromatic heterocycles. The van der Waals surface area contributed by atoms with E-state index < -0.39 is 40.2 Å². The van der Waals surface area contributed by atoms with E-state index in [2.05, 4.69) is 15.2 Å². The van der Waals surface area contributed by atoms with Gasteiger partial charge in [-0.1, -0.05) is 42.3 Å². The Kier molecular flexibility index (Phi) is 5.84. The number of Topliss-reactive ketones (excluding diaryl/α,β-unsaturated/α-hetero) is 2. The van der Waals surface area contributed by atoms with Crippen LogP contribution in [0.5, 0.6) is 0 Å². The molecule has 1 fully saturated rings. The van der Waals surface area contributed by atoms with Gasteiger partial charge in [-0.25, -0.2) is 23.0 Å². The lowest BCUT2D eigenvalue weighted by molar-refractivity contribution is -0.139. The van der Waals surface area contributed by atoms with E-state index in [1.165, 1.54) is 0 Å². The molecule has 1 aliphatic heterocycles. The highest BCUT2D eigenvalue weighted by atomic mass is 32.2. The van der Waals surface area contributed by atoms with Crippen molar-refractivity contribution in [3.63, 3.8) is 0 Å². The SMILES string of the molecule is C[C@H]1C(=O)C(=O)[C@H](c2ccccc2)SN1Cc1cc(F)c(Cc2n[nH]c(=O)[nH]2)cc1F. The van der Waals surface area contributed by atoms with Crippen LogP contribution >= 0.6 is 11.9 Å². The maximum atomic E-state index is 14.8. The highest BCUT2D eigenvalue weighted by molar-refractivity contribution is 7.98. The molecule has 0 spiro atoms. The molecule has 4 rings (SSSR count). The second-order valence-corrected chi connectivity index (χ2v) is 8.36. The Hall–Kier alpha value is -3.11. The predicted molar refractivity (Wildman–Crippen MR) is 110 cm³/mol. The second kappa shape index (κ2) is 8.56. The molecule has 0 radical (unpaired) electrons. The number of carbonyl (C=O) groups excluding carboxylic acids is 2. The second-order valence-electron chi connectivity index (χ2n) is 7.21. The number of nitrogens with one attached hydrogen (secondary N) is 2. The van der Waals surface area contributed by atoms with Gasteiger partial charge in [0.1, 0.15) is 22.7 Å². The van der Waals surface area contributed by atoms with Crippen molar-refractivity contribution in [2.45, 2.75) is 31.2 Å². The highest BCUT2D eigenvalue weighted by Crippen LogP contribution is 2.40. The first-order chi connectivity index (χ1) is 14.8. The van der Waals surface area contributed by atoms with Gasteiger partial charge in [-0.05, 0) is 30.2 Å². The molecule has 2 aromatic carbocycles. The Morgan fingerprint density at radius 1 is 1.03 bits per heavy atom. The van der Waals surface area contributed by atoms with Crippen LogP contribution in [-0.2, 0) is 22.6 Å². The van der Waals surface area contributed by atoms with Gasteiger partial charge in [0.2, 0.25) is 11.6 Å². The van der Waals surface area contributed by atoms with Gasteiger partial charge in [0, 0.05) is 18.5 Å². The molecule has 160 valence electrons. The minimum Gasteiger partial charge on any atom is -0.293 e. The lowest BCUT2D eigenvalue weighted by Crippen LogP contribution is -2.45.